The molecule has 2 amide bonds. The fraction of sp³-hybridized carbons (Fsp3) is 0.350. The molecule has 0 saturated carbocycles. The van der Waals surface area contributed by atoms with E-state index in [-0.39, 0.29) is 32.2 Å². The maximum Gasteiger partial charge on any atom is 0.317 e. The Morgan fingerprint density at radius 3 is 2.43 bits per heavy atom. The van der Waals surface area contributed by atoms with Crippen molar-refractivity contribution in [3.8, 4) is 0 Å². The average Bonchev–Trinajstić information content (AvgIpc) is 2.76. The highest BCUT2D eigenvalue weighted by molar-refractivity contribution is 7.99. The average molecular weight is 456 g/mol. The summed E-state index contributed by atoms with van der Waals surface area (Å²) < 4.78 is 53.5. The van der Waals surface area contributed by atoms with Gasteiger partial charge in [-0.2, -0.15) is 4.31 Å². The van der Waals surface area contributed by atoms with Gasteiger partial charge in [0.25, 0.3) is 0 Å². The number of carbonyl (C=O) groups excluding carboxylic acids is 1. The van der Waals surface area contributed by atoms with Gasteiger partial charge in [-0.3, -0.25) is 0 Å². The molecule has 0 aliphatic carbocycles. The lowest BCUT2D eigenvalue weighted by Crippen LogP contribution is -2.53. The number of piperazine rings is 1. The highest BCUT2D eigenvalue weighted by Gasteiger charge is 2.32. The fourth-order valence-corrected chi connectivity index (χ4v) is 5.40. The normalized spacial score (nSPS) is 15.2. The van der Waals surface area contributed by atoms with Gasteiger partial charge in [0.1, 0.15) is 16.5 Å². The van der Waals surface area contributed by atoms with Crippen LogP contribution in [0.1, 0.15) is 6.42 Å². The molecule has 1 saturated heterocycles. The summed E-state index contributed by atoms with van der Waals surface area (Å²) in [7, 11) is -4.16. The van der Waals surface area contributed by atoms with Crippen molar-refractivity contribution in [2.45, 2.75) is 16.2 Å². The number of rotatable bonds is 7. The summed E-state index contributed by atoms with van der Waals surface area (Å²) in [5, 5.41) is 2.84. The Kier molecular flexibility index (Phi) is 7.68. The summed E-state index contributed by atoms with van der Waals surface area (Å²) in [6.45, 7) is 0.929. The lowest BCUT2D eigenvalue weighted by Gasteiger charge is -2.34. The van der Waals surface area contributed by atoms with Crippen LogP contribution in [0.4, 0.5) is 13.6 Å². The Labute approximate surface area is 179 Å². The number of halogens is 2. The lowest BCUT2D eigenvalue weighted by molar-refractivity contribution is 0.172. The third-order valence-corrected chi connectivity index (χ3v) is 7.66. The first kappa shape index (κ1) is 22.5. The van der Waals surface area contributed by atoms with E-state index in [2.05, 4.69) is 5.32 Å². The highest BCUT2D eigenvalue weighted by Crippen LogP contribution is 2.22. The molecule has 10 heteroatoms. The second-order valence-electron chi connectivity index (χ2n) is 6.71. The van der Waals surface area contributed by atoms with Gasteiger partial charge in [-0.25, -0.2) is 22.0 Å². The molecule has 3 rings (SSSR count). The molecule has 30 heavy (non-hydrogen) atoms. The van der Waals surface area contributed by atoms with Crippen LogP contribution >= 0.6 is 11.8 Å². The van der Waals surface area contributed by atoms with E-state index in [0.29, 0.717) is 12.6 Å². The van der Waals surface area contributed by atoms with Gasteiger partial charge in [-0.15, -0.1) is 11.8 Å². The number of urea groups is 1. The van der Waals surface area contributed by atoms with E-state index < -0.39 is 26.6 Å². The fourth-order valence-electron chi connectivity index (χ4n) is 3.03. The van der Waals surface area contributed by atoms with Crippen molar-refractivity contribution in [3.05, 3.63) is 60.2 Å². The van der Waals surface area contributed by atoms with Gasteiger partial charge in [-0.05, 0) is 42.5 Å². The number of hydrogen-bond acceptors (Lipinski definition) is 4. The molecule has 0 atom stereocenters. The van der Waals surface area contributed by atoms with E-state index >= 15 is 0 Å². The standard InChI is InChI=1S/C20H23F2N3O3S2/c21-16-7-8-18(22)19(15-16)30(27,28)25-12-10-24(11-13-25)20(26)23-9-4-14-29-17-5-2-1-3-6-17/h1-3,5-8,15H,4,9-14H2,(H,23,26). The van der Waals surface area contributed by atoms with Crippen molar-refractivity contribution in [3.63, 3.8) is 0 Å². The predicted octanol–water partition coefficient (Wildman–Crippen LogP) is 3.16. The van der Waals surface area contributed by atoms with Crippen LogP contribution in [-0.4, -0.2) is 62.1 Å². The van der Waals surface area contributed by atoms with Crippen molar-refractivity contribution < 1.29 is 22.0 Å². The summed E-state index contributed by atoms with van der Waals surface area (Å²) in [6, 6.07) is 12.1. The van der Waals surface area contributed by atoms with Crippen LogP contribution in [0, 0.1) is 11.6 Å². The number of thioether (sulfide) groups is 1. The number of carbonyl (C=O) groups is 1. The van der Waals surface area contributed by atoms with E-state index in [1.165, 1.54) is 9.80 Å². The van der Waals surface area contributed by atoms with Crippen molar-refractivity contribution in [1.82, 2.24) is 14.5 Å². The third kappa shape index (κ3) is 5.71. The van der Waals surface area contributed by atoms with E-state index in [0.717, 1.165) is 28.6 Å². The third-order valence-electron chi connectivity index (χ3n) is 4.65. The molecule has 1 heterocycles. The second kappa shape index (κ2) is 10.2. The molecule has 0 bridgehead atoms. The van der Waals surface area contributed by atoms with Crippen LogP contribution in [0.25, 0.3) is 0 Å². The molecule has 6 nitrogen and oxygen atoms in total. The minimum atomic E-state index is -4.16. The van der Waals surface area contributed by atoms with Crippen LogP contribution < -0.4 is 5.32 Å². The molecular weight excluding hydrogens is 432 g/mol. The molecule has 0 radical (unpaired) electrons. The van der Waals surface area contributed by atoms with Gasteiger partial charge in [0.15, 0.2) is 0 Å². The summed E-state index contributed by atoms with van der Waals surface area (Å²) in [5.74, 6) is -0.946. The molecule has 1 aliphatic heterocycles. The zero-order valence-corrected chi connectivity index (χ0v) is 17.9. The van der Waals surface area contributed by atoms with Crippen molar-refractivity contribution >= 4 is 27.8 Å². The maximum atomic E-state index is 13.9. The van der Waals surface area contributed by atoms with Gasteiger partial charge < -0.3 is 10.2 Å². The second-order valence-corrected chi connectivity index (χ2v) is 9.79. The lowest BCUT2D eigenvalue weighted by atomic mass is 10.3. The summed E-state index contributed by atoms with van der Waals surface area (Å²) in [4.78, 5) is 14.3. The van der Waals surface area contributed by atoms with Crippen molar-refractivity contribution in [2.24, 2.45) is 0 Å². The zero-order chi connectivity index (χ0) is 21.6. The number of sulfonamides is 1. The minimum absolute atomic E-state index is 0.0234. The first-order valence-electron chi connectivity index (χ1n) is 9.54. The predicted molar refractivity (Wildman–Crippen MR) is 112 cm³/mol. The van der Waals surface area contributed by atoms with E-state index in [1.807, 2.05) is 30.3 Å². The largest absolute Gasteiger partial charge is 0.338 e. The molecule has 0 spiro atoms. The number of benzene rings is 2. The van der Waals surface area contributed by atoms with Crippen LogP contribution in [-0.2, 0) is 10.0 Å². The quantitative estimate of drug-likeness (QED) is 0.514. The van der Waals surface area contributed by atoms with E-state index in [4.69, 9.17) is 0 Å². The number of hydrogen-bond donors (Lipinski definition) is 1. The van der Waals surface area contributed by atoms with Crippen LogP contribution in [0.3, 0.4) is 0 Å². The van der Waals surface area contributed by atoms with Gasteiger partial charge in [0, 0.05) is 37.6 Å². The zero-order valence-electron chi connectivity index (χ0n) is 16.3. The first-order chi connectivity index (χ1) is 14.4. The van der Waals surface area contributed by atoms with Gasteiger partial charge >= 0.3 is 6.03 Å². The maximum absolute atomic E-state index is 13.9. The molecular formula is C20H23F2N3O3S2. The topological polar surface area (TPSA) is 69.7 Å². The van der Waals surface area contributed by atoms with Gasteiger partial charge in [0.05, 0.1) is 0 Å². The smallest absolute Gasteiger partial charge is 0.317 e. The Balaban J connectivity index is 1.43. The van der Waals surface area contributed by atoms with Crippen LogP contribution in [0.5, 0.6) is 0 Å². The highest BCUT2D eigenvalue weighted by atomic mass is 32.2. The van der Waals surface area contributed by atoms with Gasteiger partial charge in [-0.1, -0.05) is 18.2 Å². The number of nitrogens with zero attached hydrogens (tertiary/aromatic N) is 2. The van der Waals surface area contributed by atoms with E-state index in [1.54, 1.807) is 11.8 Å². The monoisotopic (exact) mass is 455 g/mol. The molecule has 2 aromatic carbocycles. The number of amides is 2. The van der Waals surface area contributed by atoms with Crippen LogP contribution in [0.15, 0.2) is 58.3 Å². The molecule has 162 valence electrons. The molecule has 1 N–H and O–H groups in total. The number of nitrogens with one attached hydrogen (secondary N) is 1. The molecule has 0 aromatic heterocycles. The van der Waals surface area contributed by atoms with Crippen molar-refractivity contribution in [2.75, 3.05) is 38.5 Å². The Morgan fingerprint density at radius 2 is 1.73 bits per heavy atom. The molecule has 1 aliphatic rings. The summed E-state index contributed by atoms with van der Waals surface area (Å²) in [5.41, 5.74) is 0. The molecule has 0 unspecified atom stereocenters. The Hall–Kier alpha value is -2.17. The van der Waals surface area contributed by atoms with Crippen LogP contribution in [0.2, 0.25) is 0 Å². The minimum Gasteiger partial charge on any atom is -0.338 e. The van der Waals surface area contributed by atoms with Crippen molar-refractivity contribution in [1.29, 1.82) is 0 Å². The SMILES string of the molecule is O=C(NCCCSc1ccccc1)N1CCN(S(=O)(=O)c2cc(F)ccc2F)CC1. The first-order valence-corrected chi connectivity index (χ1v) is 12.0. The summed E-state index contributed by atoms with van der Waals surface area (Å²) in [6.07, 6.45) is 0.804. The molecule has 2 aromatic rings. The Morgan fingerprint density at radius 1 is 1.03 bits per heavy atom. The Bertz CT molecular complexity index is 967. The van der Waals surface area contributed by atoms with Gasteiger partial charge in [0.2, 0.25) is 10.0 Å². The van der Waals surface area contributed by atoms with E-state index in [9.17, 15) is 22.0 Å². The molecule has 1 fully saturated rings. The summed E-state index contributed by atoms with van der Waals surface area (Å²) >= 11 is 1.72.